The molecule has 0 bridgehead atoms. The van der Waals surface area contributed by atoms with Crippen LogP contribution in [0.15, 0.2) is 78.9 Å². The van der Waals surface area contributed by atoms with Gasteiger partial charge in [0.05, 0.1) is 17.9 Å². The van der Waals surface area contributed by atoms with Crippen LogP contribution in [0, 0.1) is 20.8 Å². The highest BCUT2D eigenvalue weighted by Crippen LogP contribution is 2.43. The lowest BCUT2D eigenvalue weighted by molar-refractivity contribution is -0.537. The van der Waals surface area contributed by atoms with Gasteiger partial charge in [-0.1, -0.05) is 42.0 Å². The Morgan fingerprint density at radius 1 is 0.714 bits per heavy atom. The largest absolute Gasteiger partial charge is 1.00 e. The highest BCUT2D eigenvalue weighted by atomic mass is 79.9. The zero-order valence-corrected chi connectivity index (χ0v) is 22.8. The van der Waals surface area contributed by atoms with E-state index in [1.165, 1.54) is 44.4 Å². The molecule has 1 aromatic heterocycles. The molecule has 0 radical (unpaired) electrons. The summed E-state index contributed by atoms with van der Waals surface area (Å²) < 4.78 is 8.34. The Kier molecular flexibility index (Phi) is 6.86. The lowest BCUT2D eigenvalue weighted by atomic mass is 9.88. The maximum absolute atomic E-state index is 5.99. The summed E-state index contributed by atoms with van der Waals surface area (Å²) in [4.78, 5) is 2.16. The van der Waals surface area contributed by atoms with Gasteiger partial charge in [0.2, 0.25) is 16.7 Å². The Bertz CT molecular complexity index is 1520. The maximum atomic E-state index is 5.99. The Balaban J connectivity index is 0.00000289. The number of fused-ring (bicyclic) bond motifs is 2. The predicted octanol–water partition coefficient (Wildman–Crippen LogP) is 3.94. The van der Waals surface area contributed by atoms with Crippen LogP contribution in [0.25, 0.3) is 38.6 Å². The van der Waals surface area contributed by atoms with Gasteiger partial charge in [0.25, 0.3) is 0 Å². The monoisotopic (exact) mass is 526 g/mol. The summed E-state index contributed by atoms with van der Waals surface area (Å²) in [5.41, 5.74) is 10.9. The van der Waals surface area contributed by atoms with Crippen molar-refractivity contribution in [2.24, 2.45) is 0 Å². The Hall–Kier alpha value is -3.37. The molecule has 0 unspecified atom stereocenters. The van der Waals surface area contributed by atoms with Gasteiger partial charge in [-0.15, -0.1) is 0 Å². The summed E-state index contributed by atoms with van der Waals surface area (Å²) in [5, 5.41) is 2.34. The fourth-order valence-corrected chi connectivity index (χ4v) is 5.28. The number of benzene rings is 4. The summed E-state index contributed by atoms with van der Waals surface area (Å²) in [6.45, 7) is 6.60. The molecule has 3 nitrogen and oxygen atoms in total. The highest BCUT2D eigenvalue weighted by Gasteiger charge is 2.27. The molecule has 4 aromatic carbocycles. The van der Waals surface area contributed by atoms with E-state index in [1.54, 1.807) is 7.11 Å². The van der Waals surface area contributed by atoms with Crippen molar-refractivity contribution in [3.8, 4) is 22.6 Å². The number of para-hydroxylation sites is 1. The van der Waals surface area contributed by atoms with Crippen molar-refractivity contribution < 1.29 is 26.3 Å². The smallest absolute Gasteiger partial charge is 0.223 e. The van der Waals surface area contributed by atoms with Gasteiger partial charge in [0.15, 0.2) is 0 Å². The number of pyridine rings is 1. The number of nitrogens with zero attached hydrogens (tertiary/aromatic N) is 2. The van der Waals surface area contributed by atoms with Crippen molar-refractivity contribution in [1.82, 2.24) is 0 Å². The number of halogens is 1. The molecule has 5 aromatic rings. The average Bonchev–Trinajstić information content (AvgIpc) is 2.82. The quantitative estimate of drug-likeness (QED) is 0.260. The van der Waals surface area contributed by atoms with Gasteiger partial charge in [0.1, 0.15) is 5.75 Å². The summed E-state index contributed by atoms with van der Waals surface area (Å²) in [6.07, 6.45) is 0. The molecule has 0 N–H and O–H groups in total. The lowest BCUT2D eigenvalue weighted by Gasteiger charge is -2.20. The van der Waals surface area contributed by atoms with Gasteiger partial charge in [-0.25, -0.2) is 0 Å². The molecule has 0 saturated heterocycles. The third-order valence-electron chi connectivity index (χ3n) is 6.66. The zero-order valence-electron chi connectivity index (χ0n) is 21.2. The van der Waals surface area contributed by atoms with E-state index in [-0.39, 0.29) is 17.0 Å². The van der Waals surface area contributed by atoms with Crippen LogP contribution in [0.5, 0.6) is 5.75 Å². The summed E-state index contributed by atoms with van der Waals surface area (Å²) >= 11 is 0. The molecule has 178 valence electrons. The molecular weight excluding hydrogens is 496 g/mol. The van der Waals surface area contributed by atoms with Crippen molar-refractivity contribution in [2.45, 2.75) is 20.8 Å². The second-order valence-corrected chi connectivity index (χ2v) is 9.27. The topological polar surface area (TPSA) is 16.4 Å². The van der Waals surface area contributed by atoms with Gasteiger partial charge < -0.3 is 26.6 Å². The van der Waals surface area contributed by atoms with Gasteiger partial charge in [-0.05, 0) is 55.7 Å². The number of anilines is 1. The summed E-state index contributed by atoms with van der Waals surface area (Å²) in [7, 11) is 5.95. The second-order valence-electron chi connectivity index (χ2n) is 9.27. The van der Waals surface area contributed by atoms with Gasteiger partial charge in [0, 0.05) is 49.6 Å². The fraction of sp³-hybridized carbons (Fsp3) is 0.194. The average molecular weight is 528 g/mol. The Labute approximate surface area is 218 Å². The molecule has 35 heavy (non-hydrogen) atoms. The van der Waals surface area contributed by atoms with E-state index in [2.05, 4.69) is 123 Å². The zero-order chi connectivity index (χ0) is 24.0. The van der Waals surface area contributed by atoms with Gasteiger partial charge in [-0.3, -0.25) is 0 Å². The minimum atomic E-state index is 0. The minimum Gasteiger partial charge on any atom is -1.00 e. The van der Waals surface area contributed by atoms with Gasteiger partial charge in [-0.2, -0.15) is 4.57 Å². The van der Waals surface area contributed by atoms with Crippen LogP contribution < -0.4 is 31.2 Å². The SMILES string of the molecule is COc1cccc2c1c(-c1c(C)cc(C)cc1C)c1cc(N(C)C)ccc1[n+]2-c1ccccc1.[Br-]. The number of hydrogen-bond donors (Lipinski definition) is 0. The molecule has 0 amide bonds. The third-order valence-corrected chi connectivity index (χ3v) is 6.66. The molecule has 0 aliphatic heterocycles. The van der Waals surface area contributed by atoms with E-state index in [0.29, 0.717) is 0 Å². The number of aromatic nitrogens is 1. The first-order valence-electron chi connectivity index (χ1n) is 11.7. The molecule has 0 aliphatic carbocycles. The summed E-state index contributed by atoms with van der Waals surface area (Å²) in [6, 6.07) is 28.3. The molecule has 5 rings (SSSR count). The van der Waals surface area contributed by atoms with E-state index in [4.69, 9.17) is 4.74 Å². The number of aryl methyl sites for hydroxylation is 3. The lowest BCUT2D eigenvalue weighted by Crippen LogP contribution is -3.00. The van der Waals surface area contributed by atoms with Crippen LogP contribution in [0.1, 0.15) is 16.7 Å². The van der Waals surface area contributed by atoms with Crippen LogP contribution in [0.4, 0.5) is 5.69 Å². The maximum Gasteiger partial charge on any atom is 0.223 e. The normalized spacial score (nSPS) is 10.9. The van der Waals surface area contributed by atoms with Crippen molar-refractivity contribution >= 4 is 27.5 Å². The minimum absolute atomic E-state index is 0. The molecule has 0 spiro atoms. The number of methoxy groups -OCH3 is 1. The fourth-order valence-electron chi connectivity index (χ4n) is 5.28. The third kappa shape index (κ3) is 4.17. The Morgan fingerprint density at radius 2 is 1.40 bits per heavy atom. The van der Waals surface area contributed by atoms with Crippen LogP contribution in [-0.2, 0) is 0 Å². The van der Waals surface area contributed by atoms with Crippen molar-refractivity contribution in [1.29, 1.82) is 0 Å². The van der Waals surface area contributed by atoms with Crippen LogP contribution in [-0.4, -0.2) is 21.2 Å². The van der Waals surface area contributed by atoms with E-state index in [9.17, 15) is 0 Å². The molecule has 0 fully saturated rings. The van der Waals surface area contributed by atoms with Crippen molar-refractivity contribution in [3.05, 3.63) is 95.6 Å². The van der Waals surface area contributed by atoms with Crippen molar-refractivity contribution in [2.75, 3.05) is 26.1 Å². The number of rotatable bonds is 4. The van der Waals surface area contributed by atoms with Crippen molar-refractivity contribution in [3.63, 3.8) is 0 Å². The van der Waals surface area contributed by atoms with E-state index >= 15 is 0 Å². The summed E-state index contributed by atoms with van der Waals surface area (Å²) in [5.74, 6) is 0.883. The van der Waals surface area contributed by atoms with Gasteiger partial charge >= 0.3 is 0 Å². The molecule has 0 atom stereocenters. The van der Waals surface area contributed by atoms with Crippen LogP contribution in [0.3, 0.4) is 0 Å². The number of ether oxygens (including phenoxy) is 1. The first kappa shape index (κ1) is 24.7. The first-order chi connectivity index (χ1) is 16.4. The predicted molar refractivity (Wildman–Crippen MR) is 144 cm³/mol. The number of hydrogen-bond acceptors (Lipinski definition) is 2. The standard InChI is InChI=1S/C31H31N2O.BrH/c1-20-17-21(2)29(22(3)18-20)30-25-19-24(32(4)5)15-16-26(25)33(23-11-8-7-9-12-23)27-13-10-14-28(34-6)31(27)30;/h7-19H,1-6H3;1H/q+1;/p-1. The van der Waals surface area contributed by atoms with E-state index in [1.807, 2.05) is 0 Å². The van der Waals surface area contributed by atoms with Crippen LogP contribution in [0.2, 0.25) is 0 Å². The van der Waals surface area contributed by atoms with E-state index in [0.717, 1.165) is 22.3 Å². The molecule has 1 heterocycles. The molecule has 0 aliphatic rings. The second kappa shape index (κ2) is 9.71. The first-order valence-corrected chi connectivity index (χ1v) is 11.7. The molecule has 4 heteroatoms. The highest BCUT2D eigenvalue weighted by molar-refractivity contribution is 6.11. The van der Waals surface area contributed by atoms with Crippen LogP contribution >= 0.6 is 0 Å². The van der Waals surface area contributed by atoms with E-state index < -0.39 is 0 Å². The molecule has 0 saturated carbocycles. The Morgan fingerprint density at radius 3 is 2.03 bits per heavy atom. The molecular formula is C31H31BrN2O.